The van der Waals surface area contributed by atoms with Gasteiger partial charge in [-0.25, -0.2) is 14.6 Å². The Bertz CT molecular complexity index is 824. The SMILES string of the molecule is C=CC[C@H](CN(C)C(=O)OC(C)(C)C)Nc1ccnc(N)c1C(=N)C(=O)OC(C)(C)C. The van der Waals surface area contributed by atoms with Gasteiger partial charge >= 0.3 is 12.1 Å². The fraction of sp³-hybridized carbons (Fsp3) is 0.545. The van der Waals surface area contributed by atoms with Crippen molar-refractivity contribution < 1.29 is 19.1 Å². The molecule has 0 saturated heterocycles. The molecule has 1 amide bonds. The van der Waals surface area contributed by atoms with E-state index in [1.165, 1.54) is 11.1 Å². The van der Waals surface area contributed by atoms with E-state index < -0.39 is 29.0 Å². The minimum absolute atomic E-state index is 0.0266. The zero-order valence-corrected chi connectivity index (χ0v) is 19.5. The van der Waals surface area contributed by atoms with Crippen LogP contribution < -0.4 is 11.1 Å². The van der Waals surface area contributed by atoms with Gasteiger partial charge in [-0.05, 0) is 54.0 Å². The van der Waals surface area contributed by atoms with Crippen LogP contribution in [0.4, 0.5) is 16.3 Å². The van der Waals surface area contributed by atoms with E-state index in [0.29, 0.717) is 18.7 Å². The van der Waals surface area contributed by atoms with E-state index in [-0.39, 0.29) is 17.4 Å². The van der Waals surface area contributed by atoms with E-state index in [1.54, 1.807) is 60.7 Å². The lowest BCUT2D eigenvalue weighted by atomic mass is 10.1. The summed E-state index contributed by atoms with van der Waals surface area (Å²) in [5.74, 6) is -0.778. The van der Waals surface area contributed by atoms with Crippen LogP contribution in [-0.2, 0) is 14.3 Å². The Hall–Kier alpha value is -3.10. The zero-order chi connectivity index (χ0) is 24.0. The summed E-state index contributed by atoms with van der Waals surface area (Å²) >= 11 is 0. The van der Waals surface area contributed by atoms with Crippen molar-refractivity contribution in [3.63, 3.8) is 0 Å². The van der Waals surface area contributed by atoms with Gasteiger partial charge in [0.05, 0.1) is 5.56 Å². The van der Waals surface area contributed by atoms with Crippen LogP contribution in [0.25, 0.3) is 0 Å². The molecule has 1 aromatic rings. The summed E-state index contributed by atoms with van der Waals surface area (Å²) in [7, 11) is 1.64. The van der Waals surface area contributed by atoms with Gasteiger partial charge in [0.15, 0.2) is 5.71 Å². The molecule has 0 saturated carbocycles. The number of aromatic nitrogens is 1. The Kier molecular flexibility index (Phi) is 8.60. The molecule has 9 nitrogen and oxygen atoms in total. The second kappa shape index (κ2) is 10.3. The lowest BCUT2D eigenvalue weighted by Gasteiger charge is -2.29. The molecule has 0 fully saturated rings. The smallest absolute Gasteiger partial charge is 0.410 e. The number of nitrogen functional groups attached to an aromatic ring is 1. The van der Waals surface area contributed by atoms with Gasteiger partial charge in [-0.15, -0.1) is 6.58 Å². The van der Waals surface area contributed by atoms with Gasteiger partial charge in [-0.1, -0.05) is 6.08 Å². The molecule has 172 valence electrons. The van der Waals surface area contributed by atoms with Crippen molar-refractivity contribution in [2.24, 2.45) is 0 Å². The maximum atomic E-state index is 12.4. The molecule has 0 radical (unpaired) electrons. The number of amides is 1. The molecule has 0 unspecified atom stereocenters. The van der Waals surface area contributed by atoms with Gasteiger partial charge in [0, 0.05) is 31.5 Å². The van der Waals surface area contributed by atoms with Crippen LogP contribution in [0.2, 0.25) is 0 Å². The minimum Gasteiger partial charge on any atom is -0.455 e. The van der Waals surface area contributed by atoms with Crippen LogP contribution in [0.3, 0.4) is 0 Å². The van der Waals surface area contributed by atoms with Crippen LogP contribution >= 0.6 is 0 Å². The fourth-order valence-corrected chi connectivity index (χ4v) is 2.64. The van der Waals surface area contributed by atoms with Crippen molar-refractivity contribution in [2.75, 3.05) is 24.6 Å². The van der Waals surface area contributed by atoms with Gasteiger partial charge in [0.1, 0.15) is 17.0 Å². The summed E-state index contributed by atoms with van der Waals surface area (Å²) in [6, 6.07) is 1.34. The third-order valence-electron chi connectivity index (χ3n) is 3.84. The Labute approximate surface area is 184 Å². The van der Waals surface area contributed by atoms with Crippen LogP contribution in [0.1, 0.15) is 53.5 Å². The van der Waals surface area contributed by atoms with Gasteiger partial charge < -0.3 is 25.4 Å². The van der Waals surface area contributed by atoms with Crippen LogP contribution in [0, 0.1) is 5.41 Å². The number of hydrogen-bond donors (Lipinski definition) is 3. The number of nitrogens with zero attached hydrogens (tertiary/aromatic N) is 2. The zero-order valence-electron chi connectivity index (χ0n) is 19.5. The number of hydrogen-bond acceptors (Lipinski definition) is 8. The third kappa shape index (κ3) is 8.65. The molecule has 1 heterocycles. The number of anilines is 2. The molecule has 1 aromatic heterocycles. The maximum absolute atomic E-state index is 12.4. The van der Waals surface area contributed by atoms with Crippen molar-refractivity contribution in [1.82, 2.24) is 9.88 Å². The predicted octanol–water partition coefficient (Wildman–Crippen LogP) is 3.60. The standard InChI is InChI=1S/C22H35N5O4/c1-9-10-14(13-27(8)20(29)31-22(5,6)7)26-15-11-12-25-18(24)16(15)17(23)19(28)30-21(2,3)4/h9,11-12,14,23H,1,10,13H2,2-8H3,(H3,24,25,26)/t14-/m1/s1. The van der Waals surface area contributed by atoms with Crippen LogP contribution in [-0.4, -0.2) is 58.5 Å². The van der Waals surface area contributed by atoms with Gasteiger partial charge in [0.25, 0.3) is 0 Å². The molecule has 0 spiro atoms. The minimum atomic E-state index is -0.804. The molecule has 4 N–H and O–H groups in total. The quantitative estimate of drug-likeness (QED) is 0.324. The summed E-state index contributed by atoms with van der Waals surface area (Å²) in [6.45, 7) is 14.6. The van der Waals surface area contributed by atoms with E-state index in [9.17, 15) is 9.59 Å². The number of carbonyl (C=O) groups is 2. The first kappa shape index (κ1) is 25.9. The van der Waals surface area contributed by atoms with E-state index in [1.807, 2.05) is 0 Å². The number of esters is 1. The average molecular weight is 434 g/mol. The monoisotopic (exact) mass is 433 g/mol. The number of likely N-dealkylation sites (N-methyl/N-ethyl adjacent to an activating group) is 1. The molecular formula is C22H35N5O4. The van der Waals surface area contributed by atoms with Crippen molar-refractivity contribution in [3.05, 3.63) is 30.5 Å². The molecule has 0 aliphatic heterocycles. The second-order valence-electron chi connectivity index (χ2n) is 9.22. The maximum Gasteiger partial charge on any atom is 0.410 e. The average Bonchev–Trinajstić information content (AvgIpc) is 2.58. The molecule has 0 aliphatic carbocycles. The largest absolute Gasteiger partial charge is 0.455 e. The summed E-state index contributed by atoms with van der Waals surface area (Å²) < 4.78 is 10.7. The van der Waals surface area contributed by atoms with E-state index in [0.717, 1.165) is 0 Å². The molecule has 0 bridgehead atoms. The number of rotatable bonds is 8. The highest BCUT2D eigenvalue weighted by Gasteiger charge is 2.27. The third-order valence-corrected chi connectivity index (χ3v) is 3.84. The van der Waals surface area contributed by atoms with Gasteiger partial charge in [0.2, 0.25) is 0 Å². The summed E-state index contributed by atoms with van der Waals surface area (Å²) in [6.07, 6.45) is 3.24. The second-order valence-corrected chi connectivity index (χ2v) is 9.22. The number of nitrogens with two attached hydrogens (primary N) is 1. The Morgan fingerprint density at radius 2 is 1.84 bits per heavy atom. The van der Waals surface area contributed by atoms with Crippen molar-refractivity contribution in [1.29, 1.82) is 5.41 Å². The molecule has 9 heteroatoms. The predicted molar refractivity (Wildman–Crippen MR) is 122 cm³/mol. The lowest BCUT2D eigenvalue weighted by molar-refractivity contribution is -0.146. The normalized spacial score (nSPS) is 12.5. The molecule has 31 heavy (non-hydrogen) atoms. The Morgan fingerprint density at radius 1 is 1.26 bits per heavy atom. The highest BCUT2D eigenvalue weighted by atomic mass is 16.6. The molecule has 1 rings (SSSR count). The van der Waals surface area contributed by atoms with Crippen molar-refractivity contribution in [3.8, 4) is 0 Å². The highest BCUT2D eigenvalue weighted by Crippen LogP contribution is 2.24. The topological polar surface area (TPSA) is 131 Å². The Balaban J connectivity index is 3.11. The Morgan fingerprint density at radius 3 is 2.35 bits per heavy atom. The molecule has 0 aliphatic rings. The van der Waals surface area contributed by atoms with Crippen LogP contribution in [0.5, 0.6) is 0 Å². The van der Waals surface area contributed by atoms with E-state index in [2.05, 4.69) is 16.9 Å². The summed E-state index contributed by atoms with van der Waals surface area (Å²) in [4.78, 5) is 30.2. The summed E-state index contributed by atoms with van der Waals surface area (Å²) in [5, 5.41) is 11.6. The van der Waals surface area contributed by atoms with Gasteiger partial charge in [-0.2, -0.15) is 0 Å². The van der Waals surface area contributed by atoms with E-state index in [4.69, 9.17) is 20.6 Å². The first-order chi connectivity index (χ1) is 14.1. The number of carbonyl (C=O) groups excluding carboxylic acids is 2. The summed E-state index contributed by atoms with van der Waals surface area (Å²) in [5.41, 5.74) is 4.80. The van der Waals surface area contributed by atoms with Crippen LogP contribution in [0.15, 0.2) is 24.9 Å². The molecule has 1 atom stereocenters. The molecular weight excluding hydrogens is 398 g/mol. The first-order valence-corrected chi connectivity index (χ1v) is 10.0. The van der Waals surface area contributed by atoms with Gasteiger partial charge in [-0.3, -0.25) is 5.41 Å². The fourth-order valence-electron chi connectivity index (χ4n) is 2.64. The first-order valence-electron chi connectivity index (χ1n) is 10.0. The number of ether oxygens (including phenoxy) is 2. The molecule has 0 aromatic carbocycles. The van der Waals surface area contributed by atoms with Crippen molar-refractivity contribution >= 4 is 29.3 Å². The number of pyridine rings is 1. The van der Waals surface area contributed by atoms with Crippen molar-refractivity contribution in [2.45, 2.75) is 65.2 Å². The lowest BCUT2D eigenvalue weighted by Crippen LogP contribution is -2.41. The van der Waals surface area contributed by atoms with E-state index >= 15 is 0 Å². The highest BCUT2D eigenvalue weighted by molar-refractivity contribution is 6.44. The number of nitrogens with one attached hydrogen (secondary N) is 2.